The van der Waals surface area contributed by atoms with Gasteiger partial charge >= 0.3 is 5.97 Å². The SMILES string of the molecule is C[C@@]1(C(=O)Nc2nc(-c3ccccc3Cl)cs2)Cc2ccccc2C(=O)O1. The van der Waals surface area contributed by atoms with Crippen molar-refractivity contribution in [3.05, 3.63) is 70.1 Å². The summed E-state index contributed by atoms with van der Waals surface area (Å²) in [6.45, 7) is 1.61. The molecular formula is C20H15ClN2O3S. The fraction of sp³-hybridized carbons (Fsp3) is 0.150. The first kappa shape index (κ1) is 17.7. The smallest absolute Gasteiger partial charge is 0.339 e. The quantitative estimate of drug-likeness (QED) is 0.656. The van der Waals surface area contributed by atoms with Crippen molar-refractivity contribution in [2.24, 2.45) is 0 Å². The van der Waals surface area contributed by atoms with Crippen LogP contribution in [0.3, 0.4) is 0 Å². The van der Waals surface area contributed by atoms with Crippen LogP contribution in [0.1, 0.15) is 22.8 Å². The Kier molecular flexibility index (Phi) is 4.45. The molecule has 2 heterocycles. The van der Waals surface area contributed by atoms with Crippen molar-refractivity contribution < 1.29 is 14.3 Å². The molecule has 1 aliphatic rings. The third-order valence-corrected chi connectivity index (χ3v) is 5.53. The van der Waals surface area contributed by atoms with E-state index in [2.05, 4.69) is 10.3 Å². The van der Waals surface area contributed by atoms with Crippen LogP contribution in [0.25, 0.3) is 11.3 Å². The fourth-order valence-corrected chi connectivity index (χ4v) is 3.95. The van der Waals surface area contributed by atoms with Gasteiger partial charge in [0.05, 0.1) is 11.3 Å². The normalized spacial score (nSPS) is 18.5. The van der Waals surface area contributed by atoms with Gasteiger partial charge in [0.25, 0.3) is 5.91 Å². The second-order valence-electron chi connectivity index (χ2n) is 6.43. The summed E-state index contributed by atoms with van der Waals surface area (Å²) >= 11 is 7.49. The van der Waals surface area contributed by atoms with Gasteiger partial charge in [-0.25, -0.2) is 9.78 Å². The van der Waals surface area contributed by atoms with Crippen LogP contribution >= 0.6 is 22.9 Å². The molecule has 5 nitrogen and oxygen atoms in total. The van der Waals surface area contributed by atoms with E-state index in [-0.39, 0.29) is 0 Å². The van der Waals surface area contributed by atoms with Gasteiger partial charge in [-0.15, -0.1) is 11.3 Å². The third kappa shape index (κ3) is 3.34. The topological polar surface area (TPSA) is 68.3 Å². The lowest BCUT2D eigenvalue weighted by Crippen LogP contribution is -2.48. The molecule has 7 heteroatoms. The number of anilines is 1. The summed E-state index contributed by atoms with van der Waals surface area (Å²) in [5, 5.41) is 5.59. The van der Waals surface area contributed by atoms with Crippen molar-refractivity contribution in [1.82, 2.24) is 4.98 Å². The summed E-state index contributed by atoms with van der Waals surface area (Å²) in [6, 6.07) is 14.5. The lowest BCUT2D eigenvalue weighted by atomic mass is 9.89. The van der Waals surface area contributed by atoms with Gasteiger partial charge in [0, 0.05) is 22.4 Å². The van der Waals surface area contributed by atoms with E-state index in [1.165, 1.54) is 11.3 Å². The summed E-state index contributed by atoms with van der Waals surface area (Å²) in [7, 11) is 0. The van der Waals surface area contributed by atoms with E-state index in [0.717, 1.165) is 11.1 Å². The predicted octanol–water partition coefficient (Wildman–Crippen LogP) is 4.57. The van der Waals surface area contributed by atoms with Crippen LogP contribution in [-0.2, 0) is 16.0 Å². The molecule has 4 rings (SSSR count). The molecule has 0 fully saturated rings. The molecule has 0 bridgehead atoms. The zero-order chi connectivity index (χ0) is 19.0. The van der Waals surface area contributed by atoms with Crippen molar-refractivity contribution in [3.63, 3.8) is 0 Å². The predicted molar refractivity (Wildman–Crippen MR) is 105 cm³/mol. The number of hydrogen-bond acceptors (Lipinski definition) is 5. The molecule has 1 aromatic heterocycles. The van der Waals surface area contributed by atoms with E-state index in [4.69, 9.17) is 16.3 Å². The molecular weight excluding hydrogens is 384 g/mol. The number of rotatable bonds is 3. The summed E-state index contributed by atoms with van der Waals surface area (Å²) in [4.78, 5) is 29.5. The molecule has 0 saturated carbocycles. The van der Waals surface area contributed by atoms with Crippen LogP contribution in [0, 0.1) is 0 Å². The van der Waals surface area contributed by atoms with Gasteiger partial charge in [-0.05, 0) is 24.6 Å². The van der Waals surface area contributed by atoms with Gasteiger partial charge in [0.2, 0.25) is 0 Å². The average Bonchev–Trinajstić information content (AvgIpc) is 3.10. The van der Waals surface area contributed by atoms with Crippen molar-refractivity contribution in [3.8, 4) is 11.3 Å². The van der Waals surface area contributed by atoms with Crippen LogP contribution < -0.4 is 5.32 Å². The van der Waals surface area contributed by atoms with E-state index in [9.17, 15) is 9.59 Å². The van der Waals surface area contributed by atoms with Gasteiger partial charge in [-0.1, -0.05) is 48.0 Å². The number of benzene rings is 2. The first-order valence-corrected chi connectivity index (χ1v) is 9.55. The zero-order valence-corrected chi connectivity index (χ0v) is 15.9. The lowest BCUT2D eigenvalue weighted by molar-refractivity contribution is -0.134. The van der Waals surface area contributed by atoms with E-state index in [1.54, 1.807) is 25.1 Å². The Hall–Kier alpha value is -2.70. The largest absolute Gasteiger partial charge is 0.445 e. The van der Waals surface area contributed by atoms with E-state index >= 15 is 0 Å². The highest BCUT2D eigenvalue weighted by atomic mass is 35.5. The van der Waals surface area contributed by atoms with Crippen molar-refractivity contribution in [2.45, 2.75) is 18.9 Å². The second kappa shape index (κ2) is 6.79. The Balaban J connectivity index is 1.55. The monoisotopic (exact) mass is 398 g/mol. The van der Waals surface area contributed by atoms with Gasteiger partial charge < -0.3 is 4.74 Å². The molecule has 1 amide bonds. The molecule has 2 aromatic carbocycles. The molecule has 0 aliphatic carbocycles. The first-order valence-electron chi connectivity index (χ1n) is 8.29. The number of esters is 1. The van der Waals surface area contributed by atoms with Crippen molar-refractivity contribution >= 4 is 39.9 Å². The Morgan fingerprint density at radius 2 is 1.89 bits per heavy atom. The Bertz CT molecular complexity index is 1050. The molecule has 136 valence electrons. The number of carbonyl (C=O) groups excluding carboxylic acids is 2. The maximum absolute atomic E-state index is 12.8. The number of halogens is 1. The van der Waals surface area contributed by atoms with E-state index in [0.29, 0.717) is 27.8 Å². The maximum atomic E-state index is 12.8. The molecule has 3 aromatic rings. The number of carbonyl (C=O) groups is 2. The number of fused-ring (bicyclic) bond motifs is 1. The van der Waals surface area contributed by atoms with Crippen molar-refractivity contribution in [1.29, 1.82) is 0 Å². The number of aromatic nitrogens is 1. The lowest BCUT2D eigenvalue weighted by Gasteiger charge is -2.32. The highest BCUT2D eigenvalue weighted by Crippen LogP contribution is 2.32. The number of amides is 1. The third-order valence-electron chi connectivity index (χ3n) is 4.44. The first-order chi connectivity index (χ1) is 13.0. The zero-order valence-electron chi connectivity index (χ0n) is 14.4. The minimum Gasteiger partial charge on any atom is -0.445 e. The van der Waals surface area contributed by atoms with Crippen LogP contribution in [0.4, 0.5) is 5.13 Å². The number of cyclic esters (lactones) is 1. The summed E-state index contributed by atoms with van der Waals surface area (Å²) < 4.78 is 5.45. The number of thiazole rings is 1. The molecule has 1 N–H and O–H groups in total. The van der Waals surface area contributed by atoms with Crippen LogP contribution in [0.5, 0.6) is 0 Å². The van der Waals surface area contributed by atoms with Crippen LogP contribution in [0.15, 0.2) is 53.9 Å². The minimum atomic E-state index is -1.29. The molecule has 0 saturated heterocycles. The van der Waals surface area contributed by atoms with E-state index < -0.39 is 17.5 Å². The maximum Gasteiger partial charge on any atom is 0.339 e. The Morgan fingerprint density at radius 3 is 2.67 bits per heavy atom. The molecule has 1 aliphatic heterocycles. The Morgan fingerprint density at radius 1 is 1.19 bits per heavy atom. The molecule has 27 heavy (non-hydrogen) atoms. The van der Waals surface area contributed by atoms with Gasteiger partial charge in [-0.2, -0.15) is 0 Å². The Labute approximate surface area is 165 Å². The minimum absolute atomic E-state index is 0.309. The second-order valence-corrected chi connectivity index (χ2v) is 7.69. The van der Waals surface area contributed by atoms with Gasteiger partial charge in [0.1, 0.15) is 0 Å². The van der Waals surface area contributed by atoms with Crippen LogP contribution in [0.2, 0.25) is 5.02 Å². The summed E-state index contributed by atoms with van der Waals surface area (Å²) in [5.41, 5.74) is 1.47. The van der Waals surface area contributed by atoms with Gasteiger partial charge in [0.15, 0.2) is 10.7 Å². The molecule has 0 unspecified atom stereocenters. The number of nitrogens with one attached hydrogen (secondary N) is 1. The molecule has 0 radical (unpaired) electrons. The number of ether oxygens (including phenoxy) is 1. The number of hydrogen-bond donors (Lipinski definition) is 1. The van der Waals surface area contributed by atoms with Crippen LogP contribution in [-0.4, -0.2) is 22.5 Å². The number of nitrogens with zero attached hydrogens (tertiary/aromatic N) is 1. The van der Waals surface area contributed by atoms with Gasteiger partial charge in [-0.3, -0.25) is 10.1 Å². The summed E-state index contributed by atoms with van der Waals surface area (Å²) in [5.74, 6) is -0.907. The highest BCUT2D eigenvalue weighted by molar-refractivity contribution is 7.14. The molecule has 0 spiro atoms. The standard InChI is InChI=1S/C20H15ClN2O3S/c1-20(10-12-6-2-3-7-13(12)17(24)26-20)18(25)23-19-22-16(11-27-19)14-8-4-5-9-15(14)21/h2-9,11H,10H2,1H3,(H,22,23,25)/t20-/m0/s1. The van der Waals surface area contributed by atoms with Crippen molar-refractivity contribution in [2.75, 3.05) is 5.32 Å². The average molecular weight is 399 g/mol. The van der Waals surface area contributed by atoms with E-state index in [1.807, 2.05) is 35.7 Å². The highest BCUT2D eigenvalue weighted by Gasteiger charge is 2.42. The molecule has 1 atom stereocenters. The summed E-state index contributed by atoms with van der Waals surface area (Å²) in [6.07, 6.45) is 0.309. The fourth-order valence-electron chi connectivity index (χ4n) is 3.01.